The van der Waals surface area contributed by atoms with Gasteiger partial charge < -0.3 is 14.0 Å². The van der Waals surface area contributed by atoms with E-state index in [0.717, 1.165) is 6.07 Å². The normalized spacial score (nSPS) is 23.0. The maximum atomic E-state index is 13.4. The first-order chi connectivity index (χ1) is 15.9. The molecule has 1 aromatic heterocycles. The largest absolute Gasteiger partial charge is 0.410 e. The molecule has 3 rings (SSSR count). The molecule has 1 aliphatic rings. The third kappa shape index (κ3) is 4.82. The summed E-state index contributed by atoms with van der Waals surface area (Å²) in [6.07, 6.45) is 1.67. The van der Waals surface area contributed by atoms with Gasteiger partial charge in [0.15, 0.2) is 14.6 Å². The van der Waals surface area contributed by atoms with Gasteiger partial charge in [-0.05, 0) is 36.7 Å². The number of carbonyl (C=O) groups is 2. The third-order valence-corrected chi connectivity index (χ3v) is 11.2. The third-order valence-electron chi connectivity index (χ3n) is 6.73. The van der Waals surface area contributed by atoms with Crippen molar-refractivity contribution in [3.63, 3.8) is 0 Å². The van der Waals surface area contributed by atoms with Gasteiger partial charge in [0.25, 0.3) is 11.5 Å². The summed E-state index contributed by atoms with van der Waals surface area (Å²) in [7, 11) is -2.29. The van der Waals surface area contributed by atoms with E-state index >= 15 is 0 Å². The fourth-order valence-corrected chi connectivity index (χ4v) is 5.17. The van der Waals surface area contributed by atoms with E-state index in [1.807, 2.05) is 0 Å². The summed E-state index contributed by atoms with van der Waals surface area (Å²) in [6.45, 7) is 14.3. The molecule has 9 heteroatoms. The van der Waals surface area contributed by atoms with E-state index in [2.05, 4.69) is 40.4 Å². The molecule has 0 spiro atoms. The zero-order valence-electron chi connectivity index (χ0n) is 20.3. The Kier molecular flexibility index (Phi) is 7.40. The molecule has 4 atom stereocenters. The second-order valence-electron chi connectivity index (χ2n) is 10.0. The van der Waals surface area contributed by atoms with Gasteiger partial charge in [0.1, 0.15) is 12.3 Å². The molecule has 1 fully saturated rings. The number of carbonyl (C=O) groups excluding carboxylic acids is 2. The predicted molar refractivity (Wildman–Crippen MR) is 131 cm³/mol. The van der Waals surface area contributed by atoms with Crippen LogP contribution in [0.1, 0.15) is 43.8 Å². The lowest BCUT2D eigenvalue weighted by molar-refractivity contribution is -0.122. The number of benzene rings is 1. The summed E-state index contributed by atoms with van der Waals surface area (Å²) < 4.78 is 14.4. The standard InChI is InChI=1S/C25H32N2O6Si/c1-7-11-18-21(33-34(5,6)25(2,3)4)19(16-28)32-23(18)26-15-14-20(29)27(24(26)31)22(30)17-12-9-8-10-13-17/h7-10,12-16,18-19,21,23H,1,11H2,2-6H3/t18-,19-,21+,23-/m1/s1. The van der Waals surface area contributed by atoms with Crippen LogP contribution in [-0.2, 0) is 14.0 Å². The number of hydrogen-bond acceptors (Lipinski definition) is 6. The second-order valence-corrected chi connectivity index (χ2v) is 14.8. The van der Waals surface area contributed by atoms with Crippen LogP contribution in [0.15, 0.2) is 64.8 Å². The highest BCUT2D eigenvalue weighted by Crippen LogP contribution is 2.44. The van der Waals surface area contributed by atoms with E-state index < -0.39 is 49.8 Å². The van der Waals surface area contributed by atoms with Crippen molar-refractivity contribution >= 4 is 20.5 Å². The highest BCUT2D eigenvalue weighted by molar-refractivity contribution is 6.74. The molecule has 1 saturated heterocycles. The molecule has 0 N–H and O–H groups in total. The van der Waals surface area contributed by atoms with Crippen molar-refractivity contribution in [1.82, 2.24) is 9.13 Å². The Hall–Kier alpha value is -2.88. The van der Waals surface area contributed by atoms with Crippen LogP contribution in [-0.4, -0.2) is 41.9 Å². The summed E-state index contributed by atoms with van der Waals surface area (Å²) in [5.41, 5.74) is -1.37. The molecule has 0 saturated carbocycles. The number of aromatic nitrogens is 2. The molecule has 0 amide bonds. The molecule has 8 nitrogen and oxygen atoms in total. The van der Waals surface area contributed by atoms with Crippen molar-refractivity contribution in [1.29, 1.82) is 0 Å². The minimum absolute atomic E-state index is 0.108. The Labute approximate surface area is 200 Å². The molecule has 1 aliphatic heterocycles. The van der Waals surface area contributed by atoms with Crippen LogP contribution < -0.4 is 11.2 Å². The average Bonchev–Trinajstić information content (AvgIpc) is 3.10. The maximum Gasteiger partial charge on any atom is 0.340 e. The van der Waals surface area contributed by atoms with E-state index in [4.69, 9.17) is 9.16 Å². The number of ether oxygens (including phenoxy) is 1. The van der Waals surface area contributed by atoms with Crippen molar-refractivity contribution in [2.45, 2.75) is 63.8 Å². The smallest absolute Gasteiger partial charge is 0.340 e. The summed E-state index contributed by atoms with van der Waals surface area (Å²) in [4.78, 5) is 50.8. The first-order valence-electron chi connectivity index (χ1n) is 11.3. The van der Waals surface area contributed by atoms with Gasteiger partial charge in [0.2, 0.25) is 0 Å². The zero-order chi connectivity index (χ0) is 25.3. The molecule has 1 aromatic carbocycles. The van der Waals surface area contributed by atoms with Crippen molar-refractivity contribution in [3.05, 3.63) is 81.7 Å². The number of hydrogen-bond donors (Lipinski definition) is 0. The molecule has 0 bridgehead atoms. The van der Waals surface area contributed by atoms with Crippen molar-refractivity contribution < 1.29 is 18.8 Å². The molecule has 0 aliphatic carbocycles. The average molecular weight is 485 g/mol. The molecular weight excluding hydrogens is 452 g/mol. The molecule has 0 unspecified atom stereocenters. The Bertz CT molecular complexity index is 1180. The van der Waals surface area contributed by atoms with Gasteiger partial charge in [-0.2, -0.15) is 4.57 Å². The Morgan fingerprint density at radius 2 is 1.82 bits per heavy atom. The van der Waals surface area contributed by atoms with Crippen molar-refractivity contribution in [2.24, 2.45) is 5.92 Å². The van der Waals surface area contributed by atoms with Crippen molar-refractivity contribution in [2.75, 3.05) is 0 Å². The number of allylic oxidation sites excluding steroid dienone is 1. The van der Waals surface area contributed by atoms with E-state index in [1.165, 1.54) is 22.9 Å². The van der Waals surface area contributed by atoms with Gasteiger partial charge >= 0.3 is 5.69 Å². The van der Waals surface area contributed by atoms with E-state index in [0.29, 0.717) is 17.3 Å². The monoisotopic (exact) mass is 484 g/mol. The highest BCUT2D eigenvalue weighted by Gasteiger charge is 2.50. The Balaban J connectivity index is 2.07. The predicted octanol–water partition coefficient (Wildman–Crippen LogP) is 3.38. The van der Waals surface area contributed by atoms with Crippen LogP contribution in [0.3, 0.4) is 0 Å². The van der Waals surface area contributed by atoms with Crippen LogP contribution in [0.4, 0.5) is 0 Å². The van der Waals surface area contributed by atoms with Crippen LogP contribution >= 0.6 is 0 Å². The Morgan fingerprint density at radius 1 is 1.18 bits per heavy atom. The first-order valence-corrected chi connectivity index (χ1v) is 14.2. The maximum absolute atomic E-state index is 13.4. The zero-order valence-corrected chi connectivity index (χ0v) is 21.3. The van der Waals surface area contributed by atoms with Gasteiger partial charge in [-0.3, -0.25) is 14.2 Å². The lowest BCUT2D eigenvalue weighted by Gasteiger charge is -2.40. The van der Waals surface area contributed by atoms with Gasteiger partial charge in [-0.25, -0.2) is 4.79 Å². The summed E-state index contributed by atoms with van der Waals surface area (Å²) in [5.74, 6) is -1.15. The topological polar surface area (TPSA) is 96.6 Å². The Morgan fingerprint density at radius 3 is 2.38 bits per heavy atom. The van der Waals surface area contributed by atoms with Crippen LogP contribution in [0.25, 0.3) is 0 Å². The molecular formula is C25H32N2O6Si. The SMILES string of the molecule is C=CC[C@@H]1[C@H](O[Si](C)(C)C(C)(C)C)[C@@H](C=O)O[C@H]1n1ccc(=O)n(C(=O)c2ccccc2)c1=O. The quantitative estimate of drug-likeness (QED) is 0.340. The lowest BCUT2D eigenvalue weighted by Crippen LogP contribution is -2.48. The van der Waals surface area contributed by atoms with E-state index in [9.17, 15) is 19.2 Å². The number of nitrogens with zero attached hydrogens (tertiary/aromatic N) is 2. The first kappa shape index (κ1) is 25.7. The van der Waals surface area contributed by atoms with E-state index in [-0.39, 0.29) is 10.6 Å². The highest BCUT2D eigenvalue weighted by atomic mass is 28.4. The minimum atomic E-state index is -2.29. The lowest BCUT2D eigenvalue weighted by atomic mass is 9.96. The number of aldehydes is 1. The van der Waals surface area contributed by atoms with Crippen LogP contribution in [0.5, 0.6) is 0 Å². The summed E-state index contributed by atoms with van der Waals surface area (Å²) in [5, 5.41) is -0.108. The van der Waals surface area contributed by atoms with Crippen LogP contribution in [0, 0.1) is 5.92 Å². The molecule has 182 valence electrons. The second kappa shape index (κ2) is 9.77. The minimum Gasteiger partial charge on any atom is -0.410 e. The fraction of sp³-hybridized carbons (Fsp3) is 0.440. The van der Waals surface area contributed by atoms with E-state index in [1.54, 1.807) is 24.3 Å². The van der Waals surface area contributed by atoms with Gasteiger partial charge in [-0.15, -0.1) is 6.58 Å². The number of rotatable bonds is 7. The molecule has 2 heterocycles. The van der Waals surface area contributed by atoms with Crippen LogP contribution in [0.2, 0.25) is 18.1 Å². The molecule has 34 heavy (non-hydrogen) atoms. The summed E-state index contributed by atoms with van der Waals surface area (Å²) >= 11 is 0. The molecule has 0 radical (unpaired) electrons. The van der Waals surface area contributed by atoms with Gasteiger partial charge in [0.05, 0.1) is 6.10 Å². The van der Waals surface area contributed by atoms with Gasteiger partial charge in [0, 0.05) is 23.7 Å². The van der Waals surface area contributed by atoms with Gasteiger partial charge in [-0.1, -0.05) is 45.0 Å². The fourth-order valence-electron chi connectivity index (χ4n) is 3.82. The van der Waals surface area contributed by atoms with Crippen molar-refractivity contribution in [3.8, 4) is 0 Å². The summed E-state index contributed by atoms with van der Waals surface area (Å²) in [6, 6.07) is 9.24. The molecule has 2 aromatic rings.